The van der Waals surface area contributed by atoms with Crippen molar-refractivity contribution in [1.29, 1.82) is 0 Å². The average Bonchev–Trinajstić information content (AvgIpc) is 2.01. The maximum absolute atomic E-state index is 11.2. The van der Waals surface area contributed by atoms with Gasteiger partial charge in [-0.3, -0.25) is 0 Å². The molecule has 0 atom stereocenters. The number of quaternary nitrogens is 1. The Hall–Kier alpha value is -1.14. The van der Waals surface area contributed by atoms with Gasteiger partial charge in [0.1, 0.15) is 0 Å². The number of rotatable bonds is 6. The van der Waals surface area contributed by atoms with Gasteiger partial charge in [0.25, 0.3) is 5.54 Å². The van der Waals surface area contributed by atoms with Crippen molar-refractivity contribution in [2.75, 3.05) is 27.7 Å². The van der Waals surface area contributed by atoms with E-state index in [0.717, 1.165) is 0 Å². The third-order valence-corrected chi connectivity index (χ3v) is 2.60. The van der Waals surface area contributed by atoms with Crippen LogP contribution in [0.5, 0.6) is 0 Å². The SMILES string of the molecule is C[N+](C)(C)C(CCCN)(C(=O)O)C(=O)O. The number of hydrogen-bond donors (Lipinski definition) is 3. The molecule has 0 saturated carbocycles. The first-order chi connectivity index (χ1) is 6.70. The predicted octanol–water partition coefficient (Wildman–Crippen LogP) is -0.660. The quantitative estimate of drug-likeness (QED) is 0.406. The molecule has 0 aliphatic heterocycles. The number of carbonyl (C=O) groups is 2. The maximum Gasteiger partial charge on any atom is 0.377 e. The number of nitrogens with two attached hydrogens (primary N) is 1. The van der Waals surface area contributed by atoms with E-state index in [9.17, 15) is 9.59 Å². The molecule has 0 unspecified atom stereocenters. The van der Waals surface area contributed by atoms with Crippen LogP contribution < -0.4 is 5.73 Å². The van der Waals surface area contributed by atoms with Crippen LogP contribution in [0.4, 0.5) is 0 Å². The molecule has 0 bridgehead atoms. The summed E-state index contributed by atoms with van der Waals surface area (Å²) in [7, 11) is 4.66. The van der Waals surface area contributed by atoms with Gasteiger partial charge in [-0.2, -0.15) is 0 Å². The Morgan fingerprint density at radius 3 is 1.80 bits per heavy atom. The highest BCUT2D eigenvalue weighted by Crippen LogP contribution is 2.25. The maximum atomic E-state index is 11.2. The van der Waals surface area contributed by atoms with Gasteiger partial charge in [0.2, 0.25) is 0 Å². The van der Waals surface area contributed by atoms with E-state index >= 15 is 0 Å². The van der Waals surface area contributed by atoms with Crippen LogP contribution >= 0.6 is 0 Å². The van der Waals surface area contributed by atoms with Gasteiger partial charge in [0.15, 0.2) is 0 Å². The van der Waals surface area contributed by atoms with Gasteiger partial charge in [-0.05, 0) is 13.0 Å². The number of hydrogen-bond acceptors (Lipinski definition) is 3. The lowest BCUT2D eigenvalue weighted by Gasteiger charge is -2.39. The van der Waals surface area contributed by atoms with E-state index in [4.69, 9.17) is 15.9 Å². The van der Waals surface area contributed by atoms with Gasteiger partial charge in [0, 0.05) is 6.42 Å². The molecule has 0 aromatic heterocycles. The minimum Gasteiger partial charge on any atom is -0.476 e. The fourth-order valence-corrected chi connectivity index (χ4v) is 1.57. The van der Waals surface area contributed by atoms with Crippen molar-refractivity contribution in [1.82, 2.24) is 0 Å². The first-order valence-electron chi connectivity index (χ1n) is 4.68. The molecular formula is C9H19N2O4+. The van der Waals surface area contributed by atoms with Crippen LogP contribution in [0.2, 0.25) is 0 Å². The lowest BCUT2D eigenvalue weighted by molar-refractivity contribution is -0.904. The molecule has 0 aliphatic carbocycles. The molecule has 6 nitrogen and oxygen atoms in total. The van der Waals surface area contributed by atoms with Gasteiger partial charge in [-0.15, -0.1) is 0 Å². The Bertz CT molecular complexity index is 243. The molecule has 0 heterocycles. The zero-order chi connectivity index (χ0) is 12.3. The van der Waals surface area contributed by atoms with Crippen LogP contribution in [0.15, 0.2) is 0 Å². The topological polar surface area (TPSA) is 101 Å². The Labute approximate surface area is 88.9 Å². The summed E-state index contributed by atoms with van der Waals surface area (Å²) in [5, 5.41) is 18.2. The normalized spacial score (nSPS) is 12.5. The zero-order valence-corrected chi connectivity index (χ0v) is 9.36. The molecule has 15 heavy (non-hydrogen) atoms. The molecule has 6 heteroatoms. The van der Waals surface area contributed by atoms with E-state index in [1.54, 1.807) is 21.1 Å². The third-order valence-electron chi connectivity index (χ3n) is 2.60. The van der Waals surface area contributed by atoms with Gasteiger partial charge in [-0.25, -0.2) is 9.59 Å². The van der Waals surface area contributed by atoms with Crippen molar-refractivity contribution >= 4 is 11.9 Å². The first kappa shape index (κ1) is 13.9. The van der Waals surface area contributed by atoms with Crippen LogP contribution in [-0.2, 0) is 9.59 Å². The summed E-state index contributed by atoms with van der Waals surface area (Å²) >= 11 is 0. The molecular weight excluding hydrogens is 200 g/mol. The molecule has 0 amide bonds. The fraction of sp³-hybridized carbons (Fsp3) is 0.778. The number of nitrogens with zero attached hydrogens (tertiary/aromatic N) is 1. The lowest BCUT2D eigenvalue weighted by Crippen LogP contribution is -2.66. The van der Waals surface area contributed by atoms with Crippen molar-refractivity contribution in [3.05, 3.63) is 0 Å². The minimum atomic E-state index is -1.82. The Kier molecular flexibility index (Phi) is 4.24. The second-order valence-electron chi connectivity index (χ2n) is 4.38. The van der Waals surface area contributed by atoms with Gasteiger partial charge in [-0.1, -0.05) is 0 Å². The monoisotopic (exact) mass is 219 g/mol. The smallest absolute Gasteiger partial charge is 0.377 e. The number of aliphatic carboxylic acids is 2. The van der Waals surface area contributed by atoms with E-state index in [1.807, 2.05) is 0 Å². The molecule has 0 aromatic carbocycles. The molecule has 0 spiro atoms. The van der Waals surface area contributed by atoms with E-state index < -0.39 is 17.5 Å². The molecule has 0 radical (unpaired) electrons. The standard InChI is InChI=1S/C9H18N2O4/c1-11(2,3)9(7(12)13,8(14)15)5-4-6-10/h4-6,10H2,1-3H3,(H-,12,13,14,15)/p+1. The predicted molar refractivity (Wildman–Crippen MR) is 54.3 cm³/mol. The first-order valence-corrected chi connectivity index (χ1v) is 4.68. The van der Waals surface area contributed by atoms with Crippen molar-refractivity contribution in [3.63, 3.8) is 0 Å². The largest absolute Gasteiger partial charge is 0.476 e. The second-order valence-corrected chi connectivity index (χ2v) is 4.38. The molecule has 4 N–H and O–H groups in total. The fourth-order valence-electron chi connectivity index (χ4n) is 1.57. The van der Waals surface area contributed by atoms with Crippen LogP contribution in [0, 0.1) is 0 Å². The van der Waals surface area contributed by atoms with E-state index in [0.29, 0.717) is 6.42 Å². The Morgan fingerprint density at radius 1 is 1.20 bits per heavy atom. The van der Waals surface area contributed by atoms with Crippen LogP contribution in [0.3, 0.4) is 0 Å². The third kappa shape index (κ3) is 2.45. The highest BCUT2D eigenvalue weighted by Gasteiger charge is 2.57. The van der Waals surface area contributed by atoms with Crippen LogP contribution in [0.25, 0.3) is 0 Å². The Morgan fingerprint density at radius 2 is 1.60 bits per heavy atom. The van der Waals surface area contributed by atoms with Crippen molar-refractivity contribution in [2.45, 2.75) is 18.4 Å². The summed E-state index contributed by atoms with van der Waals surface area (Å²) in [6.45, 7) is 0.280. The van der Waals surface area contributed by atoms with Gasteiger partial charge < -0.3 is 20.4 Å². The van der Waals surface area contributed by atoms with Gasteiger partial charge >= 0.3 is 11.9 Å². The molecule has 0 saturated heterocycles. The van der Waals surface area contributed by atoms with E-state index in [1.165, 1.54) is 0 Å². The van der Waals surface area contributed by atoms with Crippen LogP contribution in [0.1, 0.15) is 12.8 Å². The average molecular weight is 219 g/mol. The summed E-state index contributed by atoms with van der Waals surface area (Å²) in [5.74, 6) is -2.65. The Balaban J connectivity index is 5.29. The highest BCUT2D eigenvalue weighted by molar-refractivity contribution is 6.01. The van der Waals surface area contributed by atoms with E-state index in [2.05, 4.69) is 0 Å². The molecule has 0 rings (SSSR count). The molecule has 0 fully saturated rings. The highest BCUT2D eigenvalue weighted by atomic mass is 16.4. The molecule has 0 aliphatic rings. The summed E-state index contributed by atoms with van der Waals surface area (Å²) in [5.41, 5.74) is 3.47. The van der Waals surface area contributed by atoms with Crippen LogP contribution in [-0.4, -0.2) is 59.9 Å². The van der Waals surface area contributed by atoms with Crippen molar-refractivity contribution < 1.29 is 24.3 Å². The lowest BCUT2D eigenvalue weighted by atomic mass is 9.90. The number of carboxylic acid groups (broad SMARTS) is 2. The van der Waals surface area contributed by atoms with Crippen molar-refractivity contribution in [2.24, 2.45) is 5.73 Å². The summed E-state index contributed by atoms with van der Waals surface area (Å²) in [4.78, 5) is 22.4. The van der Waals surface area contributed by atoms with Crippen molar-refractivity contribution in [3.8, 4) is 0 Å². The zero-order valence-electron chi connectivity index (χ0n) is 9.36. The summed E-state index contributed by atoms with van der Waals surface area (Å²) in [6.07, 6.45) is 0.395. The van der Waals surface area contributed by atoms with Gasteiger partial charge in [0.05, 0.1) is 21.1 Å². The van der Waals surface area contributed by atoms with E-state index in [-0.39, 0.29) is 17.4 Å². The molecule has 0 aromatic rings. The molecule has 88 valence electrons. The summed E-state index contributed by atoms with van der Waals surface area (Å²) < 4.78 is -0.169. The number of carboxylic acids is 2. The second kappa shape index (κ2) is 4.59. The summed E-state index contributed by atoms with van der Waals surface area (Å²) in [6, 6.07) is 0. The number of likely N-dealkylation sites (N-methyl/N-ethyl adjacent to an activating group) is 1. The minimum absolute atomic E-state index is 0.0255.